The van der Waals surface area contributed by atoms with Crippen molar-refractivity contribution in [1.82, 2.24) is 15.0 Å². The molecule has 5 nitrogen and oxygen atoms in total. The highest BCUT2D eigenvalue weighted by Gasteiger charge is 2.27. The lowest BCUT2D eigenvalue weighted by atomic mass is 10.1. The predicted molar refractivity (Wildman–Crippen MR) is 92.5 cm³/mol. The number of aryl methyl sites for hydroxylation is 1. The first-order valence-electron chi connectivity index (χ1n) is 8.98. The highest BCUT2D eigenvalue weighted by atomic mass is 16.5. The first kappa shape index (κ1) is 17.1. The van der Waals surface area contributed by atoms with E-state index in [2.05, 4.69) is 53.2 Å². The van der Waals surface area contributed by atoms with Crippen LogP contribution >= 0.6 is 0 Å². The van der Waals surface area contributed by atoms with Gasteiger partial charge >= 0.3 is 0 Å². The maximum Gasteiger partial charge on any atom is 0.243 e. The van der Waals surface area contributed by atoms with Crippen molar-refractivity contribution < 1.29 is 9.26 Å². The summed E-state index contributed by atoms with van der Waals surface area (Å²) in [7, 11) is 0. The van der Waals surface area contributed by atoms with Crippen molar-refractivity contribution in [2.45, 2.75) is 58.3 Å². The lowest BCUT2D eigenvalue weighted by Gasteiger charge is -2.34. The van der Waals surface area contributed by atoms with Crippen molar-refractivity contribution in [3.05, 3.63) is 47.6 Å². The predicted octanol–water partition coefficient (Wildman–Crippen LogP) is 3.76. The van der Waals surface area contributed by atoms with Crippen molar-refractivity contribution in [2.24, 2.45) is 0 Å². The standard InChI is InChI=1S/C19H27N3O2/c1-3-7-18-20-19(24-21-18)15(2)22-12-10-17(11-13-22)23-14-16-8-5-4-6-9-16/h4-6,8-9,15,17H,3,7,10-14H2,1-2H3/t15-/m1/s1. The Hall–Kier alpha value is -1.72. The van der Waals surface area contributed by atoms with E-state index in [1.165, 1.54) is 5.56 Å². The largest absolute Gasteiger partial charge is 0.373 e. The fourth-order valence-corrected chi connectivity index (χ4v) is 3.14. The fraction of sp³-hybridized carbons (Fsp3) is 0.579. The van der Waals surface area contributed by atoms with Gasteiger partial charge in [0.15, 0.2) is 5.82 Å². The molecule has 2 aromatic rings. The molecular weight excluding hydrogens is 302 g/mol. The van der Waals surface area contributed by atoms with E-state index in [9.17, 15) is 0 Å². The summed E-state index contributed by atoms with van der Waals surface area (Å²) in [6.07, 6.45) is 4.36. The molecule has 0 N–H and O–H groups in total. The molecule has 1 aliphatic rings. The molecule has 1 aromatic carbocycles. The third-order valence-electron chi connectivity index (χ3n) is 4.67. The maximum absolute atomic E-state index is 6.06. The Labute approximate surface area is 144 Å². The minimum Gasteiger partial charge on any atom is -0.373 e. The van der Waals surface area contributed by atoms with Gasteiger partial charge in [-0.1, -0.05) is 42.4 Å². The average Bonchev–Trinajstić information content (AvgIpc) is 3.10. The van der Waals surface area contributed by atoms with Gasteiger partial charge in [0.05, 0.1) is 18.8 Å². The van der Waals surface area contributed by atoms with E-state index in [0.717, 1.165) is 50.5 Å². The third kappa shape index (κ3) is 4.42. The van der Waals surface area contributed by atoms with Crippen LogP contribution in [0.25, 0.3) is 0 Å². The van der Waals surface area contributed by atoms with Gasteiger partial charge < -0.3 is 9.26 Å². The Bertz CT molecular complexity index is 606. The van der Waals surface area contributed by atoms with Crippen LogP contribution < -0.4 is 0 Å². The summed E-state index contributed by atoms with van der Waals surface area (Å²) in [6, 6.07) is 10.5. The molecule has 1 fully saturated rings. The number of ether oxygens (including phenoxy) is 1. The van der Waals surface area contributed by atoms with Crippen LogP contribution in [0.4, 0.5) is 0 Å². The summed E-state index contributed by atoms with van der Waals surface area (Å²) < 4.78 is 11.5. The SMILES string of the molecule is CCCc1noc([C@@H](C)N2CCC(OCc3ccccc3)CC2)n1. The molecular formula is C19H27N3O2. The second-order valence-corrected chi connectivity index (χ2v) is 6.51. The highest BCUT2D eigenvalue weighted by Crippen LogP contribution is 2.24. The monoisotopic (exact) mass is 329 g/mol. The van der Waals surface area contributed by atoms with Crippen LogP contribution in [0, 0.1) is 0 Å². The minimum atomic E-state index is 0.179. The molecule has 130 valence electrons. The number of rotatable bonds is 7. The first-order chi connectivity index (χ1) is 11.8. The zero-order chi connectivity index (χ0) is 16.8. The Kier molecular flexibility index (Phi) is 5.99. The number of nitrogens with zero attached hydrogens (tertiary/aromatic N) is 3. The van der Waals surface area contributed by atoms with E-state index < -0.39 is 0 Å². The quantitative estimate of drug-likeness (QED) is 0.774. The topological polar surface area (TPSA) is 51.4 Å². The number of benzene rings is 1. The smallest absolute Gasteiger partial charge is 0.243 e. The van der Waals surface area contributed by atoms with Gasteiger partial charge in [0.1, 0.15) is 0 Å². The van der Waals surface area contributed by atoms with E-state index in [0.29, 0.717) is 12.7 Å². The van der Waals surface area contributed by atoms with E-state index >= 15 is 0 Å². The van der Waals surface area contributed by atoms with E-state index in [1.54, 1.807) is 0 Å². The zero-order valence-corrected chi connectivity index (χ0v) is 14.6. The number of hydrogen-bond acceptors (Lipinski definition) is 5. The van der Waals surface area contributed by atoms with Gasteiger partial charge in [-0.25, -0.2) is 0 Å². The molecule has 2 heterocycles. The molecule has 3 rings (SSSR count). The Morgan fingerprint density at radius 2 is 2.00 bits per heavy atom. The van der Waals surface area contributed by atoms with Gasteiger partial charge in [-0.3, -0.25) is 4.90 Å². The minimum absolute atomic E-state index is 0.179. The van der Waals surface area contributed by atoms with Crippen LogP contribution in [0.3, 0.4) is 0 Å². The summed E-state index contributed by atoms with van der Waals surface area (Å²) in [5.41, 5.74) is 1.24. The number of likely N-dealkylation sites (tertiary alicyclic amines) is 1. The van der Waals surface area contributed by atoms with Gasteiger partial charge in [0.2, 0.25) is 5.89 Å². The highest BCUT2D eigenvalue weighted by molar-refractivity contribution is 5.13. The van der Waals surface area contributed by atoms with Crippen molar-refractivity contribution in [3.8, 4) is 0 Å². The molecule has 1 aromatic heterocycles. The van der Waals surface area contributed by atoms with Gasteiger partial charge in [-0.2, -0.15) is 4.98 Å². The van der Waals surface area contributed by atoms with Crippen LogP contribution in [0.1, 0.15) is 56.4 Å². The molecule has 0 bridgehead atoms. The summed E-state index contributed by atoms with van der Waals surface area (Å²) in [6.45, 7) is 6.98. The van der Waals surface area contributed by atoms with Crippen LogP contribution in [0.5, 0.6) is 0 Å². The molecule has 1 aliphatic heterocycles. The lowest BCUT2D eigenvalue weighted by molar-refractivity contribution is -0.0124. The number of hydrogen-bond donors (Lipinski definition) is 0. The molecule has 0 radical (unpaired) electrons. The second kappa shape index (κ2) is 8.40. The molecule has 24 heavy (non-hydrogen) atoms. The average molecular weight is 329 g/mol. The van der Waals surface area contributed by atoms with Gasteiger partial charge in [0.25, 0.3) is 0 Å². The van der Waals surface area contributed by atoms with E-state index in [4.69, 9.17) is 9.26 Å². The van der Waals surface area contributed by atoms with Crippen LogP contribution in [0.2, 0.25) is 0 Å². The molecule has 1 atom stereocenters. The molecule has 1 saturated heterocycles. The van der Waals surface area contributed by atoms with Gasteiger partial charge in [0, 0.05) is 19.5 Å². The molecule has 0 amide bonds. The zero-order valence-electron chi connectivity index (χ0n) is 14.6. The van der Waals surface area contributed by atoms with Crippen molar-refractivity contribution in [1.29, 1.82) is 0 Å². The molecule has 0 spiro atoms. The van der Waals surface area contributed by atoms with Crippen LogP contribution in [0.15, 0.2) is 34.9 Å². The Balaban J connectivity index is 1.45. The van der Waals surface area contributed by atoms with Crippen LogP contribution in [-0.4, -0.2) is 34.2 Å². The molecule has 0 unspecified atom stereocenters. The summed E-state index contributed by atoms with van der Waals surface area (Å²) in [4.78, 5) is 6.93. The van der Waals surface area contributed by atoms with E-state index in [1.807, 2.05) is 6.07 Å². The number of aromatic nitrogens is 2. The van der Waals surface area contributed by atoms with Crippen molar-refractivity contribution >= 4 is 0 Å². The first-order valence-corrected chi connectivity index (χ1v) is 8.98. The van der Waals surface area contributed by atoms with Crippen molar-refractivity contribution in [2.75, 3.05) is 13.1 Å². The Morgan fingerprint density at radius 3 is 2.71 bits per heavy atom. The Morgan fingerprint density at radius 1 is 1.25 bits per heavy atom. The third-order valence-corrected chi connectivity index (χ3v) is 4.67. The molecule has 5 heteroatoms. The second-order valence-electron chi connectivity index (χ2n) is 6.51. The maximum atomic E-state index is 6.06. The van der Waals surface area contributed by atoms with Crippen molar-refractivity contribution in [3.63, 3.8) is 0 Å². The summed E-state index contributed by atoms with van der Waals surface area (Å²) in [5, 5.41) is 4.06. The summed E-state index contributed by atoms with van der Waals surface area (Å²) in [5.74, 6) is 1.56. The number of piperidine rings is 1. The van der Waals surface area contributed by atoms with Gasteiger partial charge in [-0.15, -0.1) is 0 Å². The van der Waals surface area contributed by atoms with E-state index in [-0.39, 0.29) is 6.04 Å². The lowest BCUT2D eigenvalue weighted by Crippen LogP contribution is -2.38. The van der Waals surface area contributed by atoms with Gasteiger partial charge in [-0.05, 0) is 31.7 Å². The van der Waals surface area contributed by atoms with Crippen LogP contribution in [-0.2, 0) is 17.8 Å². The summed E-state index contributed by atoms with van der Waals surface area (Å²) >= 11 is 0. The fourth-order valence-electron chi connectivity index (χ4n) is 3.14. The normalized spacial score (nSPS) is 17.9. The molecule has 0 saturated carbocycles. The molecule has 0 aliphatic carbocycles.